The minimum Gasteiger partial charge on any atom is -0.305 e. The topological polar surface area (TPSA) is 46.1 Å². The van der Waals surface area contributed by atoms with Crippen LogP contribution in [0.4, 0.5) is 5.82 Å². The maximum Gasteiger partial charge on any atom is 0.232 e. The molecule has 6 heteroatoms. The van der Waals surface area contributed by atoms with Crippen molar-refractivity contribution in [2.24, 2.45) is 0 Å². The molecule has 0 unspecified atom stereocenters. The van der Waals surface area contributed by atoms with Gasteiger partial charge in [0, 0.05) is 5.56 Å². The lowest BCUT2D eigenvalue weighted by molar-refractivity contribution is -0.117. The van der Waals surface area contributed by atoms with E-state index in [0.29, 0.717) is 16.5 Å². The Kier molecular flexibility index (Phi) is 1.96. The van der Waals surface area contributed by atoms with Crippen molar-refractivity contribution in [2.45, 2.75) is 6.42 Å². The zero-order valence-corrected chi connectivity index (χ0v) is 7.45. The van der Waals surface area contributed by atoms with Crippen molar-refractivity contribution in [3.05, 3.63) is 17.0 Å². The Hall–Kier alpha value is -1.10. The Morgan fingerprint density at radius 3 is 3.08 bits per heavy atom. The highest BCUT2D eigenvalue weighted by Gasteiger charge is 2.29. The van der Waals surface area contributed by atoms with E-state index in [1.165, 1.54) is 11.2 Å². The fraction of sp³-hybridized carbons (Fsp3) is 0.286. The summed E-state index contributed by atoms with van der Waals surface area (Å²) in [5, 5.41) is 0.328. The fourth-order valence-corrected chi connectivity index (χ4v) is 1.51. The maximum atomic E-state index is 11.3. The molecule has 1 aliphatic heterocycles. The monoisotopic (exact) mass is 193 g/mol. The van der Waals surface area contributed by atoms with Gasteiger partial charge in [0.25, 0.3) is 0 Å². The van der Waals surface area contributed by atoms with Crippen molar-refractivity contribution in [2.75, 3.05) is 11.3 Å². The first-order chi connectivity index (χ1) is 6.24. The largest absolute Gasteiger partial charge is 0.305 e. The third kappa shape index (κ3) is 1.19. The van der Waals surface area contributed by atoms with Crippen molar-refractivity contribution in [1.82, 2.24) is 9.97 Å². The number of hydrogen-bond acceptors (Lipinski definition) is 3. The summed E-state index contributed by atoms with van der Waals surface area (Å²) in [6.45, 7) is 0. The van der Waals surface area contributed by atoms with Crippen molar-refractivity contribution >= 4 is 31.2 Å². The summed E-state index contributed by atoms with van der Waals surface area (Å²) in [4.78, 5) is 20.5. The molecular formula is C7H5BClN3O. The highest BCUT2D eigenvalue weighted by molar-refractivity contribution is 6.31. The number of nitrogens with zero attached hydrogens (tertiary/aromatic N) is 3. The van der Waals surface area contributed by atoms with Gasteiger partial charge in [-0.05, 0) is 6.44 Å². The number of hydrogen-bond donors (Lipinski definition) is 0. The van der Waals surface area contributed by atoms with Crippen LogP contribution in [0.1, 0.15) is 5.56 Å². The van der Waals surface area contributed by atoms with E-state index in [1.54, 1.807) is 0 Å². The SMILES string of the molecule is [B]CN1C(=O)Cc2c(Cl)ncnc21. The van der Waals surface area contributed by atoms with Crippen LogP contribution in [0.15, 0.2) is 6.33 Å². The van der Waals surface area contributed by atoms with E-state index in [1.807, 2.05) is 0 Å². The third-order valence-electron chi connectivity index (χ3n) is 1.94. The average Bonchev–Trinajstić information content (AvgIpc) is 2.43. The van der Waals surface area contributed by atoms with Crippen LogP contribution in [0.25, 0.3) is 0 Å². The highest BCUT2D eigenvalue weighted by Crippen LogP contribution is 2.29. The Labute approximate surface area is 81.3 Å². The Balaban J connectivity index is 2.54. The zero-order valence-electron chi connectivity index (χ0n) is 6.70. The Bertz CT molecular complexity index is 371. The quantitative estimate of drug-likeness (QED) is 0.471. The van der Waals surface area contributed by atoms with Crippen LogP contribution in [0.3, 0.4) is 0 Å². The summed E-state index contributed by atoms with van der Waals surface area (Å²) in [6.07, 6.45) is 1.69. The van der Waals surface area contributed by atoms with Gasteiger partial charge in [-0.3, -0.25) is 4.79 Å². The van der Waals surface area contributed by atoms with Gasteiger partial charge < -0.3 is 4.90 Å². The van der Waals surface area contributed by atoms with E-state index < -0.39 is 0 Å². The van der Waals surface area contributed by atoms with Crippen LogP contribution in [0, 0.1) is 0 Å². The van der Waals surface area contributed by atoms with E-state index >= 15 is 0 Å². The highest BCUT2D eigenvalue weighted by atomic mass is 35.5. The molecule has 0 atom stereocenters. The van der Waals surface area contributed by atoms with Crippen LogP contribution >= 0.6 is 11.6 Å². The second kappa shape index (κ2) is 2.99. The molecule has 0 bridgehead atoms. The molecule has 1 amide bonds. The van der Waals surface area contributed by atoms with Gasteiger partial charge in [-0.15, -0.1) is 0 Å². The normalized spacial score (nSPS) is 14.8. The molecule has 1 aromatic rings. The first-order valence-corrected chi connectivity index (χ1v) is 4.11. The van der Waals surface area contributed by atoms with Gasteiger partial charge in [0.2, 0.25) is 5.91 Å². The van der Waals surface area contributed by atoms with Gasteiger partial charge in [-0.25, -0.2) is 9.97 Å². The lowest BCUT2D eigenvalue weighted by atomic mass is 10.1. The summed E-state index contributed by atoms with van der Waals surface area (Å²) >= 11 is 5.79. The second-order valence-electron chi connectivity index (χ2n) is 2.65. The van der Waals surface area contributed by atoms with Gasteiger partial charge >= 0.3 is 0 Å². The molecule has 64 valence electrons. The first kappa shape index (κ1) is 8.50. The molecule has 2 radical (unpaired) electrons. The van der Waals surface area contributed by atoms with Crippen LogP contribution in [0.2, 0.25) is 5.15 Å². The molecule has 0 saturated carbocycles. The van der Waals surface area contributed by atoms with Gasteiger partial charge in [0.05, 0.1) is 14.3 Å². The smallest absolute Gasteiger partial charge is 0.232 e. The van der Waals surface area contributed by atoms with Crippen molar-refractivity contribution in [3.63, 3.8) is 0 Å². The number of rotatable bonds is 1. The number of halogens is 1. The number of carbonyl (C=O) groups is 1. The number of carbonyl (C=O) groups excluding carboxylic acids is 1. The van der Waals surface area contributed by atoms with Crippen LogP contribution in [-0.4, -0.2) is 30.2 Å². The minimum atomic E-state index is -0.0834. The average molecular weight is 193 g/mol. The number of fused-ring (bicyclic) bond motifs is 1. The van der Waals surface area contributed by atoms with Crippen molar-refractivity contribution in [3.8, 4) is 0 Å². The first-order valence-electron chi connectivity index (χ1n) is 3.74. The van der Waals surface area contributed by atoms with Gasteiger partial charge in [-0.2, -0.15) is 0 Å². The van der Waals surface area contributed by atoms with Gasteiger partial charge in [0.1, 0.15) is 17.3 Å². The second-order valence-corrected chi connectivity index (χ2v) is 3.01. The molecule has 13 heavy (non-hydrogen) atoms. The molecule has 0 aliphatic carbocycles. The molecular weight excluding hydrogens is 188 g/mol. The Morgan fingerprint density at radius 1 is 1.62 bits per heavy atom. The summed E-state index contributed by atoms with van der Waals surface area (Å²) in [7, 11) is 5.39. The van der Waals surface area contributed by atoms with E-state index in [4.69, 9.17) is 19.4 Å². The van der Waals surface area contributed by atoms with Gasteiger partial charge in [-0.1, -0.05) is 11.6 Å². The van der Waals surface area contributed by atoms with Crippen molar-refractivity contribution in [1.29, 1.82) is 0 Å². The summed E-state index contributed by atoms with van der Waals surface area (Å²) in [5.74, 6) is 0.451. The van der Waals surface area contributed by atoms with Crippen LogP contribution < -0.4 is 4.90 Å². The molecule has 4 nitrogen and oxygen atoms in total. The maximum absolute atomic E-state index is 11.3. The van der Waals surface area contributed by atoms with Crippen LogP contribution in [0.5, 0.6) is 0 Å². The lowest BCUT2D eigenvalue weighted by Crippen LogP contribution is -2.28. The fourth-order valence-electron chi connectivity index (χ4n) is 1.32. The van der Waals surface area contributed by atoms with E-state index in [2.05, 4.69) is 9.97 Å². The lowest BCUT2D eigenvalue weighted by Gasteiger charge is -2.12. The van der Waals surface area contributed by atoms with E-state index in [-0.39, 0.29) is 18.8 Å². The summed E-state index contributed by atoms with van der Waals surface area (Å²) in [5.41, 5.74) is 0.666. The molecule has 0 spiro atoms. The van der Waals surface area contributed by atoms with Crippen molar-refractivity contribution < 1.29 is 4.79 Å². The number of amides is 1. The van der Waals surface area contributed by atoms with Crippen LogP contribution in [-0.2, 0) is 11.2 Å². The molecule has 0 N–H and O–H groups in total. The predicted octanol–water partition coefficient (Wildman–Crippen LogP) is 0.145. The predicted molar refractivity (Wildman–Crippen MR) is 48.9 cm³/mol. The molecule has 0 saturated heterocycles. The molecule has 0 fully saturated rings. The zero-order chi connectivity index (χ0) is 9.42. The molecule has 0 aromatic carbocycles. The summed E-state index contributed by atoms with van der Waals surface area (Å²) in [6, 6.07) is 0. The number of aromatic nitrogens is 2. The van der Waals surface area contributed by atoms with Gasteiger partial charge in [0.15, 0.2) is 0 Å². The molecule has 2 heterocycles. The molecule has 1 aromatic heterocycles. The number of anilines is 1. The van der Waals surface area contributed by atoms with E-state index in [0.717, 1.165) is 0 Å². The Morgan fingerprint density at radius 2 is 2.38 bits per heavy atom. The minimum absolute atomic E-state index is 0.0834. The standard InChI is InChI=1S/C7H5BClN3O/c8-2-12-5(13)1-4-6(9)10-3-11-7(4)12/h3H,1-2H2. The summed E-state index contributed by atoms with van der Waals surface area (Å²) < 4.78 is 0. The molecule has 1 aliphatic rings. The van der Waals surface area contributed by atoms with E-state index in [9.17, 15) is 4.79 Å². The third-order valence-corrected chi connectivity index (χ3v) is 2.26. The molecule has 2 rings (SSSR count).